The van der Waals surface area contributed by atoms with Gasteiger partial charge < -0.3 is 29.1 Å². The van der Waals surface area contributed by atoms with Crippen LogP contribution in [0.25, 0.3) is 11.5 Å². The van der Waals surface area contributed by atoms with Crippen LogP contribution in [0.3, 0.4) is 0 Å². The Bertz CT molecular complexity index is 868. The third-order valence-electron chi connectivity index (χ3n) is 3.61. The summed E-state index contributed by atoms with van der Waals surface area (Å²) in [5.41, 5.74) is -0.490. The molecule has 9 nitrogen and oxygen atoms in total. The number of rotatable bonds is 6. The Morgan fingerprint density at radius 1 is 1.18 bits per heavy atom. The average molecular weight is 392 g/mol. The van der Waals surface area contributed by atoms with Crippen molar-refractivity contribution in [3.05, 3.63) is 29.7 Å². The number of aromatic nitrogens is 1. The van der Waals surface area contributed by atoms with E-state index in [-0.39, 0.29) is 17.3 Å². The lowest BCUT2D eigenvalue weighted by Crippen LogP contribution is -2.34. The van der Waals surface area contributed by atoms with Crippen LogP contribution in [-0.2, 0) is 4.74 Å². The minimum absolute atomic E-state index is 0.00291. The molecule has 152 valence electrons. The minimum atomic E-state index is -1.27. The second-order valence-electron chi connectivity index (χ2n) is 6.97. The van der Waals surface area contributed by atoms with Gasteiger partial charge in [0.1, 0.15) is 5.60 Å². The summed E-state index contributed by atoms with van der Waals surface area (Å²) in [4.78, 5) is 27.6. The normalized spacial score (nSPS) is 12.2. The van der Waals surface area contributed by atoms with E-state index in [9.17, 15) is 14.7 Å². The second kappa shape index (κ2) is 8.20. The number of carbonyl (C=O) groups is 2. The van der Waals surface area contributed by atoms with Gasteiger partial charge in [-0.25, -0.2) is 14.6 Å². The Morgan fingerprint density at radius 3 is 2.36 bits per heavy atom. The van der Waals surface area contributed by atoms with E-state index >= 15 is 0 Å². The van der Waals surface area contributed by atoms with Crippen LogP contribution in [0.4, 0.5) is 4.79 Å². The van der Waals surface area contributed by atoms with Gasteiger partial charge in [-0.3, -0.25) is 0 Å². The van der Waals surface area contributed by atoms with Gasteiger partial charge in [0.25, 0.3) is 0 Å². The second-order valence-corrected chi connectivity index (χ2v) is 6.97. The van der Waals surface area contributed by atoms with Gasteiger partial charge in [0, 0.05) is 5.56 Å². The monoisotopic (exact) mass is 392 g/mol. The molecule has 1 aromatic carbocycles. The zero-order chi connectivity index (χ0) is 21.1. The van der Waals surface area contributed by atoms with Gasteiger partial charge in [0.2, 0.25) is 5.89 Å². The SMILES string of the molecule is COc1ccc(-c2nc(C(=O)O)c([C@H](C)NC(=O)OC(C)(C)C)o2)cc1OC. The third-order valence-corrected chi connectivity index (χ3v) is 3.61. The van der Waals surface area contributed by atoms with E-state index in [0.29, 0.717) is 17.1 Å². The number of nitrogens with one attached hydrogen (secondary N) is 1. The number of benzene rings is 1. The van der Waals surface area contributed by atoms with E-state index in [4.69, 9.17) is 18.6 Å². The number of nitrogens with zero attached hydrogens (tertiary/aromatic N) is 1. The van der Waals surface area contributed by atoms with E-state index < -0.39 is 23.7 Å². The Hall–Kier alpha value is -3.23. The van der Waals surface area contributed by atoms with E-state index in [1.165, 1.54) is 14.2 Å². The van der Waals surface area contributed by atoms with Crippen LogP contribution in [0, 0.1) is 0 Å². The maximum absolute atomic E-state index is 12.0. The predicted octanol–water partition coefficient (Wildman–Crippen LogP) is 3.64. The van der Waals surface area contributed by atoms with Crippen LogP contribution < -0.4 is 14.8 Å². The Labute approximate surface area is 162 Å². The molecule has 1 amide bonds. The number of hydrogen-bond donors (Lipinski definition) is 2. The molecule has 0 fully saturated rings. The molecule has 1 atom stereocenters. The topological polar surface area (TPSA) is 120 Å². The maximum Gasteiger partial charge on any atom is 0.408 e. The van der Waals surface area contributed by atoms with E-state index in [1.807, 2.05) is 0 Å². The first kappa shape index (κ1) is 21.1. The molecule has 0 aliphatic rings. The highest BCUT2D eigenvalue weighted by Gasteiger charge is 2.27. The molecule has 0 radical (unpaired) electrons. The minimum Gasteiger partial charge on any atom is -0.493 e. The molecule has 9 heteroatoms. The number of carboxylic acid groups (broad SMARTS) is 1. The van der Waals surface area contributed by atoms with Crippen molar-refractivity contribution in [3.63, 3.8) is 0 Å². The van der Waals surface area contributed by atoms with E-state index in [1.54, 1.807) is 45.9 Å². The number of hydrogen-bond acceptors (Lipinski definition) is 7. The fourth-order valence-corrected chi connectivity index (χ4v) is 2.42. The molecule has 0 saturated carbocycles. The first-order valence-corrected chi connectivity index (χ1v) is 8.51. The first-order valence-electron chi connectivity index (χ1n) is 8.51. The van der Waals surface area contributed by atoms with Crippen LogP contribution in [-0.4, -0.2) is 42.0 Å². The third kappa shape index (κ3) is 4.93. The molecule has 0 aliphatic carbocycles. The van der Waals surface area contributed by atoms with Crippen molar-refractivity contribution in [1.82, 2.24) is 10.3 Å². The van der Waals surface area contributed by atoms with E-state index in [2.05, 4.69) is 10.3 Å². The molecular weight excluding hydrogens is 368 g/mol. The number of ether oxygens (including phenoxy) is 3. The van der Waals surface area contributed by atoms with Gasteiger partial charge in [-0.1, -0.05) is 0 Å². The molecule has 1 heterocycles. The highest BCUT2D eigenvalue weighted by atomic mass is 16.6. The number of oxazole rings is 1. The van der Waals surface area contributed by atoms with Crippen LogP contribution >= 0.6 is 0 Å². The highest BCUT2D eigenvalue weighted by Crippen LogP contribution is 2.33. The standard InChI is InChI=1S/C19H24N2O7/c1-10(20-18(24)28-19(2,3)4)15-14(17(22)23)21-16(27-15)11-7-8-12(25-5)13(9-11)26-6/h7-10H,1-6H3,(H,20,24)(H,22,23)/t10-/m0/s1. The summed E-state index contributed by atoms with van der Waals surface area (Å²) < 4.78 is 21.3. The Balaban J connectivity index is 2.36. The molecule has 2 rings (SSSR count). The summed E-state index contributed by atoms with van der Waals surface area (Å²) in [7, 11) is 2.99. The van der Waals surface area contributed by atoms with Crippen molar-refractivity contribution >= 4 is 12.1 Å². The summed E-state index contributed by atoms with van der Waals surface area (Å²) in [6.45, 7) is 6.76. The quantitative estimate of drug-likeness (QED) is 0.764. The van der Waals surface area contributed by atoms with Gasteiger partial charge in [0.15, 0.2) is 23.0 Å². The van der Waals surface area contributed by atoms with Gasteiger partial charge >= 0.3 is 12.1 Å². The molecule has 2 aromatic rings. The lowest BCUT2D eigenvalue weighted by Gasteiger charge is -2.21. The van der Waals surface area contributed by atoms with Crippen LogP contribution in [0.15, 0.2) is 22.6 Å². The van der Waals surface area contributed by atoms with Crippen molar-refractivity contribution < 1.29 is 33.3 Å². The molecule has 0 saturated heterocycles. The Morgan fingerprint density at radius 2 is 1.82 bits per heavy atom. The lowest BCUT2D eigenvalue weighted by molar-refractivity contribution is 0.0498. The molecule has 0 aliphatic heterocycles. The van der Waals surface area contributed by atoms with Crippen molar-refractivity contribution in [3.8, 4) is 23.0 Å². The van der Waals surface area contributed by atoms with Crippen LogP contribution in [0.5, 0.6) is 11.5 Å². The van der Waals surface area contributed by atoms with Crippen molar-refractivity contribution in [2.45, 2.75) is 39.3 Å². The van der Waals surface area contributed by atoms with Crippen LogP contribution in [0.2, 0.25) is 0 Å². The van der Waals surface area contributed by atoms with E-state index in [0.717, 1.165) is 0 Å². The van der Waals surface area contributed by atoms with Crippen molar-refractivity contribution in [1.29, 1.82) is 0 Å². The Kier molecular flexibility index (Phi) is 6.17. The smallest absolute Gasteiger partial charge is 0.408 e. The van der Waals surface area contributed by atoms with Gasteiger partial charge in [-0.15, -0.1) is 0 Å². The average Bonchev–Trinajstić information content (AvgIpc) is 3.05. The summed E-state index contributed by atoms with van der Waals surface area (Å²) in [6.07, 6.45) is -0.694. The van der Waals surface area contributed by atoms with Gasteiger partial charge in [-0.05, 0) is 45.9 Å². The van der Waals surface area contributed by atoms with Crippen LogP contribution in [0.1, 0.15) is 50.0 Å². The zero-order valence-corrected chi connectivity index (χ0v) is 16.7. The number of methoxy groups -OCH3 is 2. The highest BCUT2D eigenvalue weighted by molar-refractivity contribution is 5.87. The summed E-state index contributed by atoms with van der Waals surface area (Å²) in [5.74, 6) is -0.245. The number of carbonyl (C=O) groups excluding carboxylic acids is 1. The summed E-state index contributed by atoms with van der Waals surface area (Å²) in [5, 5.41) is 12.0. The zero-order valence-electron chi connectivity index (χ0n) is 16.7. The largest absolute Gasteiger partial charge is 0.493 e. The molecule has 0 spiro atoms. The summed E-state index contributed by atoms with van der Waals surface area (Å²) >= 11 is 0. The predicted molar refractivity (Wildman–Crippen MR) is 99.8 cm³/mol. The molecule has 2 N–H and O–H groups in total. The number of amides is 1. The summed E-state index contributed by atoms with van der Waals surface area (Å²) in [6, 6.07) is 4.16. The van der Waals surface area contributed by atoms with Crippen molar-refractivity contribution in [2.24, 2.45) is 0 Å². The first-order chi connectivity index (χ1) is 13.1. The number of alkyl carbamates (subject to hydrolysis) is 1. The maximum atomic E-state index is 12.0. The molecular formula is C19H24N2O7. The van der Waals surface area contributed by atoms with Gasteiger partial charge in [-0.2, -0.15) is 0 Å². The van der Waals surface area contributed by atoms with Crippen molar-refractivity contribution in [2.75, 3.05) is 14.2 Å². The number of carboxylic acids is 1. The lowest BCUT2D eigenvalue weighted by atomic mass is 10.2. The fraction of sp³-hybridized carbons (Fsp3) is 0.421. The number of aromatic carboxylic acids is 1. The molecule has 28 heavy (non-hydrogen) atoms. The fourth-order valence-electron chi connectivity index (χ4n) is 2.42. The van der Waals surface area contributed by atoms with Gasteiger partial charge in [0.05, 0.1) is 20.3 Å². The molecule has 1 aromatic heterocycles. The molecule has 0 unspecified atom stereocenters. The molecule has 0 bridgehead atoms.